The molecule has 1 aliphatic rings. The fraction of sp³-hybridized carbons (Fsp3) is 0.467. The monoisotopic (exact) mass is 243 g/mol. The van der Waals surface area contributed by atoms with Crippen molar-refractivity contribution in [3.63, 3.8) is 0 Å². The molecule has 1 aromatic carbocycles. The number of methoxy groups -OCH3 is 1. The van der Waals surface area contributed by atoms with Crippen molar-refractivity contribution in [2.24, 2.45) is 0 Å². The van der Waals surface area contributed by atoms with Crippen molar-refractivity contribution in [1.82, 2.24) is 0 Å². The van der Waals surface area contributed by atoms with Crippen LogP contribution in [0, 0.1) is 11.3 Å². The SMILES string of the molecule is COC1(CC(=O)C(C#N)c2ccccc2)CCC1. The number of nitriles is 1. The summed E-state index contributed by atoms with van der Waals surface area (Å²) in [6, 6.07) is 11.3. The van der Waals surface area contributed by atoms with Gasteiger partial charge >= 0.3 is 0 Å². The van der Waals surface area contributed by atoms with Crippen LogP contribution in [0.4, 0.5) is 0 Å². The van der Waals surface area contributed by atoms with Crippen molar-refractivity contribution in [1.29, 1.82) is 5.26 Å². The Hall–Kier alpha value is -1.66. The highest BCUT2D eigenvalue weighted by Gasteiger charge is 2.40. The Labute approximate surface area is 107 Å². The van der Waals surface area contributed by atoms with Crippen LogP contribution in [-0.2, 0) is 9.53 Å². The molecule has 1 aliphatic carbocycles. The molecule has 0 heterocycles. The van der Waals surface area contributed by atoms with Crippen LogP contribution in [0.1, 0.15) is 37.2 Å². The lowest BCUT2D eigenvalue weighted by Gasteiger charge is -2.40. The summed E-state index contributed by atoms with van der Waals surface area (Å²) in [5.74, 6) is -0.705. The molecule has 0 radical (unpaired) electrons. The smallest absolute Gasteiger partial charge is 0.157 e. The lowest BCUT2D eigenvalue weighted by Crippen LogP contribution is -2.42. The van der Waals surface area contributed by atoms with E-state index in [1.807, 2.05) is 30.3 Å². The van der Waals surface area contributed by atoms with Gasteiger partial charge in [-0.1, -0.05) is 30.3 Å². The van der Waals surface area contributed by atoms with Crippen molar-refractivity contribution in [2.75, 3.05) is 7.11 Å². The third-order valence-electron chi connectivity index (χ3n) is 3.78. The Morgan fingerprint density at radius 2 is 2.11 bits per heavy atom. The van der Waals surface area contributed by atoms with Gasteiger partial charge in [-0.3, -0.25) is 4.79 Å². The summed E-state index contributed by atoms with van der Waals surface area (Å²) >= 11 is 0. The predicted octanol–water partition coefficient (Wildman–Crippen LogP) is 2.82. The summed E-state index contributed by atoms with van der Waals surface area (Å²) in [6.45, 7) is 0. The molecule has 0 bridgehead atoms. The minimum absolute atomic E-state index is 0.0368. The number of hydrogen-bond donors (Lipinski definition) is 0. The Morgan fingerprint density at radius 1 is 1.44 bits per heavy atom. The van der Waals surface area contributed by atoms with Crippen molar-refractivity contribution in [3.8, 4) is 6.07 Å². The van der Waals surface area contributed by atoms with Crippen LogP contribution in [0.5, 0.6) is 0 Å². The van der Waals surface area contributed by atoms with Crippen LogP contribution in [0.2, 0.25) is 0 Å². The zero-order chi connectivity index (χ0) is 13.0. The number of nitrogens with zero attached hydrogens (tertiary/aromatic N) is 1. The average Bonchev–Trinajstić information content (AvgIpc) is 2.36. The van der Waals surface area contributed by atoms with Gasteiger partial charge in [-0.05, 0) is 24.8 Å². The molecule has 0 saturated heterocycles. The van der Waals surface area contributed by atoms with Gasteiger partial charge in [0.05, 0.1) is 11.7 Å². The number of carbonyl (C=O) groups is 1. The molecule has 2 rings (SSSR count). The molecular formula is C15H17NO2. The molecule has 3 heteroatoms. The molecule has 1 aromatic rings. The highest BCUT2D eigenvalue weighted by Crippen LogP contribution is 2.39. The minimum atomic E-state index is -0.668. The summed E-state index contributed by atoms with van der Waals surface area (Å²) in [4.78, 5) is 12.2. The predicted molar refractivity (Wildman–Crippen MR) is 68.0 cm³/mol. The molecule has 94 valence electrons. The number of benzene rings is 1. The Bertz CT molecular complexity index is 452. The second-order valence-corrected chi connectivity index (χ2v) is 4.86. The lowest BCUT2D eigenvalue weighted by molar-refractivity contribution is -0.132. The number of ketones is 1. The Kier molecular flexibility index (Phi) is 3.78. The number of hydrogen-bond acceptors (Lipinski definition) is 3. The molecule has 1 fully saturated rings. The second-order valence-electron chi connectivity index (χ2n) is 4.86. The van der Waals surface area contributed by atoms with Crippen LogP contribution >= 0.6 is 0 Å². The van der Waals surface area contributed by atoms with Crippen molar-refractivity contribution < 1.29 is 9.53 Å². The molecule has 0 aromatic heterocycles. The molecule has 1 unspecified atom stereocenters. The molecule has 3 nitrogen and oxygen atoms in total. The minimum Gasteiger partial charge on any atom is -0.378 e. The van der Waals surface area contributed by atoms with E-state index in [2.05, 4.69) is 6.07 Å². The highest BCUT2D eigenvalue weighted by molar-refractivity contribution is 5.89. The van der Waals surface area contributed by atoms with Crippen molar-refractivity contribution >= 4 is 5.78 Å². The molecule has 0 spiro atoms. The van der Waals surface area contributed by atoms with Crippen LogP contribution in [0.15, 0.2) is 30.3 Å². The standard InChI is InChI=1S/C15H17NO2/c1-18-15(8-5-9-15)10-14(17)13(11-16)12-6-3-2-4-7-12/h2-4,6-7,13H,5,8-10H2,1H3. The highest BCUT2D eigenvalue weighted by atomic mass is 16.5. The van der Waals surface area contributed by atoms with Gasteiger partial charge < -0.3 is 4.74 Å². The topological polar surface area (TPSA) is 50.1 Å². The summed E-state index contributed by atoms with van der Waals surface area (Å²) in [5, 5.41) is 9.20. The van der Waals surface area contributed by atoms with E-state index in [0.717, 1.165) is 24.8 Å². The normalized spacial score (nSPS) is 18.4. The third-order valence-corrected chi connectivity index (χ3v) is 3.78. The van der Waals surface area contributed by atoms with Crippen LogP contribution in [0.25, 0.3) is 0 Å². The maximum Gasteiger partial charge on any atom is 0.157 e. The van der Waals surface area contributed by atoms with E-state index in [0.29, 0.717) is 6.42 Å². The largest absolute Gasteiger partial charge is 0.378 e. The molecule has 18 heavy (non-hydrogen) atoms. The van der Waals surface area contributed by atoms with E-state index >= 15 is 0 Å². The van der Waals surface area contributed by atoms with Crippen LogP contribution < -0.4 is 0 Å². The van der Waals surface area contributed by atoms with Crippen LogP contribution in [-0.4, -0.2) is 18.5 Å². The zero-order valence-corrected chi connectivity index (χ0v) is 10.6. The van der Waals surface area contributed by atoms with Crippen LogP contribution in [0.3, 0.4) is 0 Å². The Balaban J connectivity index is 2.10. The summed E-state index contributed by atoms with van der Waals surface area (Å²) < 4.78 is 5.44. The Morgan fingerprint density at radius 3 is 2.56 bits per heavy atom. The fourth-order valence-electron chi connectivity index (χ4n) is 2.42. The number of Topliss-reactive ketones (excluding diaryl/α,β-unsaturated/α-hetero) is 1. The molecule has 0 N–H and O–H groups in total. The zero-order valence-electron chi connectivity index (χ0n) is 10.6. The first-order valence-electron chi connectivity index (χ1n) is 6.23. The maximum absolute atomic E-state index is 12.2. The van der Waals surface area contributed by atoms with Crippen molar-refractivity contribution in [2.45, 2.75) is 37.2 Å². The van der Waals surface area contributed by atoms with E-state index in [-0.39, 0.29) is 11.4 Å². The molecule has 0 amide bonds. The van der Waals surface area contributed by atoms with E-state index in [9.17, 15) is 10.1 Å². The first-order chi connectivity index (χ1) is 8.71. The maximum atomic E-state index is 12.2. The number of ether oxygens (including phenoxy) is 1. The van der Waals surface area contributed by atoms with Gasteiger partial charge in [0.25, 0.3) is 0 Å². The first kappa shape index (κ1) is 12.8. The van der Waals surface area contributed by atoms with Gasteiger partial charge in [-0.15, -0.1) is 0 Å². The van der Waals surface area contributed by atoms with Gasteiger partial charge in [0, 0.05) is 13.5 Å². The number of carbonyl (C=O) groups excluding carboxylic acids is 1. The van der Waals surface area contributed by atoms with Gasteiger partial charge in [0.15, 0.2) is 5.78 Å². The van der Waals surface area contributed by atoms with E-state index in [1.165, 1.54) is 0 Å². The van der Waals surface area contributed by atoms with Gasteiger partial charge in [-0.2, -0.15) is 5.26 Å². The summed E-state index contributed by atoms with van der Waals surface area (Å²) in [5.41, 5.74) is 0.469. The molecule has 1 saturated carbocycles. The average molecular weight is 243 g/mol. The second kappa shape index (κ2) is 5.32. The number of rotatable bonds is 5. The molecular weight excluding hydrogens is 226 g/mol. The molecule has 1 atom stereocenters. The molecule has 0 aliphatic heterocycles. The third kappa shape index (κ3) is 2.44. The quantitative estimate of drug-likeness (QED) is 0.799. The van der Waals surface area contributed by atoms with Gasteiger partial charge in [-0.25, -0.2) is 0 Å². The van der Waals surface area contributed by atoms with E-state index in [1.54, 1.807) is 7.11 Å². The fourth-order valence-corrected chi connectivity index (χ4v) is 2.42. The summed E-state index contributed by atoms with van der Waals surface area (Å²) in [7, 11) is 1.65. The summed E-state index contributed by atoms with van der Waals surface area (Å²) in [6.07, 6.45) is 3.28. The van der Waals surface area contributed by atoms with Crippen molar-refractivity contribution in [3.05, 3.63) is 35.9 Å². The van der Waals surface area contributed by atoms with E-state index in [4.69, 9.17) is 4.74 Å². The first-order valence-corrected chi connectivity index (χ1v) is 6.23. The van der Waals surface area contributed by atoms with Gasteiger partial charge in [0.2, 0.25) is 0 Å². The van der Waals surface area contributed by atoms with E-state index < -0.39 is 5.92 Å². The lowest BCUT2D eigenvalue weighted by atomic mass is 9.74. The van der Waals surface area contributed by atoms with Gasteiger partial charge in [0.1, 0.15) is 5.92 Å².